The number of nitrogens with two attached hydrogens (primary N) is 1. The van der Waals surface area contributed by atoms with E-state index in [1.54, 1.807) is 36.4 Å². The molecule has 1 fully saturated rings. The Bertz CT molecular complexity index is 1510. The lowest BCUT2D eigenvalue weighted by molar-refractivity contribution is -0.118. The first-order chi connectivity index (χ1) is 18.7. The van der Waals surface area contributed by atoms with E-state index < -0.39 is 23.0 Å². The first-order valence-corrected chi connectivity index (χ1v) is 13.1. The summed E-state index contributed by atoms with van der Waals surface area (Å²) in [5.41, 5.74) is 7.57. The van der Waals surface area contributed by atoms with Gasteiger partial charge in [0.25, 0.3) is 5.56 Å². The molecule has 3 atom stereocenters. The number of pyridine rings is 1. The Morgan fingerprint density at radius 2 is 1.95 bits per heavy atom. The van der Waals surface area contributed by atoms with Crippen LogP contribution >= 0.6 is 0 Å². The van der Waals surface area contributed by atoms with E-state index in [-0.39, 0.29) is 23.7 Å². The van der Waals surface area contributed by atoms with Crippen molar-refractivity contribution in [1.82, 2.24) is 9.47 Å². The van der Waals surface area contributed by atoms with Crippen LogP contribution in [0.15, 0.2) is 74.7 Å². The Labute approximate surface area is 226 Å². The third-order valence-electron chi connectivity index (χ3n) is 7.42. The molecule has 1 aromatic carbocycles. The molecule has 2 aromatic heterocycles. The van der Waals surface area contributed by atoms with Gasteiger partial charge in [0.15, 0.2) is 5.76 Å². The van der Waals surface area contributed by atoms with Crippen LogP contribution in [-0.2, 0) is 17.9 Å². The van der Waals surface area contributed by atoms with E-state index in [1.807, 2.05) is 17.6 Å². The summed E-state index contributed by atoms with van der Waals surface area (Å²) < 4.78 is 13.7. The molecule has 9 heteroatoms. The Kier molecular flexibility index (Phi) is 7.43. The molecule has 3 N–H and O–H groups in total. The molecule has 2 aliphatic heterocycles. The van der Waals surface area contributed by atoms with Crippen molar-refractivity contribution in [3.63, 3.8) is 0 Å². The van der Waals surface area contributed by atoms with Crippen molar-refractivity contribution in [2.24, 2.45) is 11.7 Å². The highest BCUT2D eigenvalue weighted by atomic mass is 16.5. The second-order valence-corrected chi connectivity index (χ2v) is 10.7. The molecule has 1 amide bonds. The SMILES string of the molecule is C=C(C)COc1ccc([C@@H](CC(N)=O)c2oc(CN3C[C@H]4C[C@@H](C3)c3cccc(=O)n3C4)cc(=O)c2O)cc1. The van der Waals surface area contributed by atoms with Crippen molar-refractivity contribution in [3.8, 4) is 11.5 Å². The number of aromatic nitrogens is 1. The molecule has 0 spiro atoms. The van der Waals surface area contributed by atoms with Gasteiger partial charge in [-0.1, -0.05) is 24.8 Å². The van der Waals surface area contributed by atoms with E-state index in [4.69, 9.17) is 14.9 Å². The van der Waals surface area contributed by atoms with Crippen LogP contribution in [0, 0.1) is 5.92 Å². The first kappa shape index (κ1) is 26.5. The van der Waals surface area contributed by atoms with Crippen LogP contribution in [0.1, 0.15) is 54.4 Å². The van der Waals surface area contributed by atoms with Crippen molar-refractivity contribution >= 4 is 5.91 Å². The second-order valence-electron chi connectivity index (χ2n) is 10.7. The number of likely N-dealkylation sites (tertiary alicyclic amines) is 1. The molecule has 3 aromatic rings. The number of piperidine rings is 1. The number of ether oxygens (including phenoxy) is 1. The Hall–Kier alpha value is -4.11. The molecule has 5 rings (SSSR count). The van der Waals surface area contributed by atoms with E-state index in [1.165, 1.54) is 6.07 Å². The molecular weight excluding hydrogens is 498 g/mol. The van der Waals surface area contributed by atoms with Gasteiger partial charge in [0, 0.05) is 49.8 Å². The molecule has 204 valence electrons. The van der Waals surface area contributed by atoms with Crippen molar-refractivity contribution in [3.05, 3.63) is 104 Å². The summed E-state index contributed by atoms with van der Waals surface area (Å²) in [5, 5.41) is 10.7. The molecule has 9 nitrogen and oxygen atoms in total. The van der Waals surface area contributed by atoms with Crippen LogP contribution in [0.5, 0.6) is 11.5 Å². The van der Waals surface area contributed by atoms with Gasteiger partial charge in [-0.2, -0.15) is 0 Å². The van der Waals surface area contributed by atoms with Gasteiger partial charge in [-0.25, -0.2) is 0 Å². The molecule has 2 bridgehead atoms. The quantitative estimate of drug-likeness (QED) is 0.406. The lowest BCUT2D eigenvalue weighted by atomic mass is 9.83. The molecule has 0 aliphatic carbocycles. The first-order valence-electron chi connectivity index (χ1n) is 13.1. The number of carbonyl (C=O) groups is 1. The normalized spacial score (nSPS) is 19.2. The second kappa shape index (κ2) is 10.9. The summed E-state index contributed by atoms with van der Waals surface area (Å²) in [6, 6.07) is 13.7. The number of benzene rings is 1. The number of fused-ring (bicyclic) bond motifs is 4. The van der Waals surface area contributed by atoms with E-state index >= 15 is 0 Å². The maximum absolute atomic E-state index is 12.8. The monoisotopic (exact) mass is 531 g/mol. The predicted molar refractivity (Wildman–Crippen MR) is 146 cm³/mol. The van der Waals surface area contributed by atoms with Gasteiger partial charge in [-0.05, 0) is 48.6 Å². The maximum atomic E-state index is 12.8. The third kappa shape index (κ3) is 5.83. The van der Waals surface area contributed by atoms with Gasteiger partial charge in [0.1, 0.15) is 18.1 Å². The Morgan fingerprint density at radius 3 is 2.67 bits per heavy atom. The van der Waals surface area contributed by atoms with Crippen molar-refractivity contribution in [1.29, 1.82) is 0 Å². The van der Waals surface area contributed by atoms with Gasteiger partial charge in [0.2, 0.25) is 17.1 Å². The molecule has 4 heterocycles. The standard InChI is InChI=1S/C30H33N3O6/c1-18(2)17-38-22-8-6-20(7-9-22)24(12-27(31)35)30-29(37)26(34)11-23(39-30)16-32-13-19-10-21(15-32)25-4-3-5-28(36)33(25)14-19/h3-9,11,19,21,24,37H,1,10,12-17H2,2H3,(H2,31,35)/t19-,21+,24-/m1/s1. The average molecular weight is 532 g/mol. The minimum atomic E-state index is -0.746. The number of hydrogen-bond acceptors (Lipinski definition) is 7. The zero-order chi connectivity index (χ0) is 27.7. The van der Waals surface area contributed by atoms with E-state index in [0.717, 1.165) is 30.8 Å². The summed E-state index contributed by atoms with van der Waals surface area (Å²) in [4.78, 5) is 39.4. The van der Waals surface area contributed by atoms with E-state index in [2.05, 4.69) is 11.5 Å². The maximum Gasteiger partial charge on any atom is 0.250 e. The van der Waals surface area contributed by atoms with Gasteiger partial charge in [0.05, 0.1) is 12.5 Å². The van der Waals surface area contributed by atoms with Crippen molar-refractivity contribution < 1.29 is 19.1 Å². The largest absolute Gasteiger partial charge is 0.502 e. The highest BCUT2D eigenvalue weighted by Gasteiger charge is 2.35. The molecule has 0 radical (unpaired) electrons. The summed E-state index contributed by atoms with van der Waals surface area (Å²) >= 11 is 0. The molecule has 2 aliphatic rings. The zero-order valence-electron chi connectivity index (χ0n) is 22.0. The smallest absolute Gasteiger partial charge is 0.250 e. The van der Waals surface area contributed by atoms with Crippen LogP contribution in [-0.4, -0.2) is 40.2 Å². The highest BCUT2D eigenvalue weighted by Crippen LogP contribution is 2.37. The van der Waals surface area contributed by atoms with Crippen LogP contribution in [0.4, 0.5) is 0 Å². The number of nitrogens with zero attached hydrogens (tertiary/aromatic N) is 2. The van der Waals surface area contributed by atoms with Crippen molar-refractivity contribution in [2.75, 3.05) is 19.7 Å². The molecular formula is C30H33N3O6. The number of aromatic hydroxyl groups is 1. The van der Waals surface area contributed by atoms with Crippen LogP contribution in [0.3, 0.4) is 0 Å². The predicted octanol–water partition coefficient (Wildman–Crippen LogP) is 3.09. The Balaban J connectivity index is 1.40. The molecule has 0 saturated carbocycles. The van der Waals surface area contributed by atoms with Crippen LogP contribution in [0.25, 0.3) is 0 Å². The summed E-state index contributed by atoms with van der Waals surface area (Å²) in [6.45, 7) is 8.57. The van der Waals surface area contributed by atoms with Gasteiger partial charge in [-0.3, -0.25) is 19.3 Å². The minimum absolute atomic E-state index is 0.0148. The van der Waals surface area contributed by atoms with Crippen molar-refractivity contribution in [2.45, 2.75) is 44.7 Å². The number of rotatable bonds is 9. The Morgan fingerprint density at radius 1 is 1.18 bits per heavy atom. The van der Waals surface area contributed by atoms with E-state index in [0.29, 0.717) is 42.7 Å². The number of amides is 1. The molecule has 1 saturated heterocycles. The zero-order valence-corrected chi connectivity index (χ0v) is 22.0. The molecule has 39 heavy (non-hydrogen) atoms. The summed E-state index contributed by atoms with van der Waals surface area (Å²) in [5.74, 6) is -0.307. The van der Waals surface area contributed by atoms with Gasteiger partial charge in [-0.15, -0.1) is 0 Å². The van der Waals surface area contributed by atoms with Crippen LogP contribution in [0.2, 0.25) is 0 Å². The highest BCUT2D eigenvalue weighted by molar-refractivity contribution is 5.75. The number of primary amides is 1. The molecule has 0 unspecified atom stereocenters. The summed E-state index contributed by atoms with van der Waals surface area (Å²) in [6.07, 6.45) is 0.864. The fourth-order valence-electron chi connectivity index (χ4n) is 5.78. The fraction of sp³-hybridized carbons (Fsp3) is 0.367. The van der Waals surface area contributed by atoms with Crippen LogP contribution < -0.4 is 21.5 Å². The van der Waals surface area contributed by atoms with Gasteiger partial charge >= 0.3 is 0 Å². The topological polar surface area (TPSA) is 128 Å². The lowest BCUT2D eigenvalue weighted by Gasteiger charge is -2.42. The van der Waals surface area contributed by atoms with Gasteiger partial charge < -0.3 is 24.6 Å². The fourth-order valence-corrected chi connectivity index (χ4v) is 5.78. The minimum Gasteiger partial charge on any atom is -0.502 e. The average Bonchev–Trinajstić information content (AvgIpc) is 2.89. The number of hydrogen-bond donors (Lipinski definition) is 2. The summed E-state index contributed by atoms with van der Waals surface area (Å²) in [7, 11) is 0. The number of carbonyl (C=O) groups excluding carboxylic acids is 1. The van der Waals surface area contributed by atoms with E-state index in [9.17, 15) is 19.5 Å². The third-order valence-corrected chi connectivity index (χ3v) is 7.42. The lowest BCUT2D eigenvalue weighted by Crippen LogP contribution is -2.46.